The molecule has 0 saturated carbocycles. The number of nitrogens with zero attached hydrogens (tertiary/aromatic N) is 2. The number of methoxy groups -OCH3 is 2. The van der Waals surface area contributed by atoms with E-state index in [0.29, 0.717) is 6.54 Å². The molecular weight excluding hydrogens is 232 g/mol. The van der Waals surface area contributed by atoms with Crippen LogP contribution in [0.2, 0.25) is 0 Å². The Labute approximate surface area is 110 Å². The zero-order chi connectivity index (χ0) is 13.6. The minimum Gasteiger partial charge on any atom is -0.356 e. The van der Waals surface area contributed by atoms with Gasteiger partial charge >= 0.3 is 0 Å². The van der Waals surface area contributed by atoms with Gasteiger partial charge in [0.05, 0.1) is 0 Å². The highest BCUT2D eigenvalue weighted by Crippen LogP contribution is 2.15. The first kappa shape index (κ1) is 15.8. The molecule has 0 aromatic carbocycles. The van der Waals surface area contributed by atoms with E-state index >= 15 is 0 Å². The molecule has 0 aromatic rings. The van der Waals surface area contributed by atoms with Crippen LogP contribution in [0.4, 0.5) is 0 Å². The fourth-order valence-electron chi connectivity index (χ4n) is 2.11. The maximum absolute atomic E-state index is 5.90. The molecule has 1 unspecified atom stereocenters. The molecule has 0 aliphatic carbocycles. The van der Waals surface area contributed by atoms with Gasteiger partial charge in [-0.3, -0.25) is 0 Å². The molecule has 1 fully saturated rings. The minimum atomic E-state index is -0.224. The minimum absolute atomic E-state index is 0.202. The molecule has 1 aliphatic rings. The summed E-state index contributed by atoms with van der Waals surface area (Å²) in [6, 6.07) is 0. The van der Waals surface area contributed by atoms with Crippen LogP contribution in [0.5, 0.6) is 0 Å². The highest BCUT2D eigenvalue weighted by Gasteiger charge is 2.29. The summed E-state index contributed by atoms with van der Waals surface area (Å²) in [5, 5.41) is 2.25. The van der Waals surface area contributed by atoms with Crippen molar-refractivity contribution in [3.05, 3.63) is 0 Å². The van der Waals surface area contributed by atoms with E-state index in [1.54, 1.807) is 14.2 Å². The third-order valence-corrected chi connectivity index (χ3v) is 3.52. The van der Waals surface area contributed by atoms with E-state index in [1.807, 2.05) is 0 Å². The quantitative estimate of drug-likeness (QED) is 0.600. The molecule has 0 spiro atoms. The summed E-state index contributed by atoms with van der Waals surface area (Å²) >= 11 is 0. The van der Waals surface area contributed by atoms with E-state index in [0.717, 1.165) is 32.6 Å². The van der Waals surface area contributed by atoms with Gasteiger partial charge in [-0.25, -0.2) is 10.4 Å². The van der Waals surface area contributed by atoms with Gasteiger partial charge in [0.15, 0.2) is 6.29 Å². The van der Waals surface area contributed by atoms with E-state index in [9.17, 15) is 0 Å². The Kier molecular flexibility index (Phi) is 6.48. The average molecular weight is 260 g/mol. The van der Waals surface area contributed by atoms with Gasteiger partial charge in [-0.1, -0.05) is 0 Å². The maximum atomic E-state index is 5.90. The number of likely N-dealkylation sites (N-methyl/N-ethyl adjacent to an activating group) is 1. The van der Waals surface area contributed by atoms with Gasteiger partial charge in [0, 0.05) is 58.9 Å². The van der Waals surface area contributed by atoms with Crippen molar-refractivity contribution in [1.29, 1.82) is 0 Å². The summed E-state index contributed by atoms with van der Waals surface area (Å²) in [6.07, 6.45) is 0.501. The Bertz CT molecular complexity index is 230. The van der Waals surface area contributed by atoms with Crippen molar-refractivity contribution >= 4 is 0 Å². The molecule has 1 atom stereocenters. The van der Waals surface area contributed by atoms with Crippen molar-refractivity contribution in [3.63, 3.8) is 0 Å². The van der Waals surface area contributed by atoms with Crippen molar-refractivity contribution in [2.75, 3.05) is 54.0 Å². The smallest absolute Gasteiger partial charge is 0.158 e. The van der Waals surface area contributed by atoms with Crippen LogP contribution in [0, 0.1) is 0 Å². The van der Waals surface area contributed by atoms with Gasteiger partial charge in [0.2, 0.25) is 0 Å². The molecule has 0 bridgehead atoms. The molecule has 0 aromatic heterocycles. The summed E-state index contributed by atoms with van der Waals surface area (Å²) in [6.45, 7) is 6.82. The Morgan fingerprint density at radius 1 is 1.22 bits per heavy atom. The second-order valence-electron chi connectivity index (χ2n) is 5.27. The molecule has 6 nitrogen and oxygen atoms in total. The van der Waals surface area contributed by atoms with Crippen molar-refractivity contribution in [3.8, 4) is 0 Å². The molecule has 1 heterocycles. The van der Waals surface area contributed by atoms with Crippen molar-refractivity contribution in [2.45, 2.75) is 25.2 Å². The summed E-state index contributed by atoms with van der Waals surface area (Å²) in [5.41, 5.74) is 9.22. The lowest BCUT2D eigenvalue weighted by molar-refractivity contribution is -0.123. The first-order chi connectivity index (χ1) is 8.53. The van der Waals surface area contributed by atoms with Gasteiger partial charge in [0.25, 0.3) is 0 Å². The third kappa shape index (κ3) is 4.79. The van der Waals surface area contributed by atoms with Crippen LogP contribution < -0.4 is 11.2 Å². The van der Waals surface area contributed by atoms with Crippen molar-refractivity contribution in [1.82, 2.24) is 15.3 Å². The maximum Gasteiger partial charge on any atom is 0.158 e. The Morgan fingerprint density at radius 2 is 1.78 bits per heavy atom. The van der Waals surface area contributed by atoms with Gasteiger partial charge < -0.3 is 20.1 Å². The van der Waals surface area contributed by atoms with Crippen LogP contribution in [0.3, 0.4) is 0 Å². The summed E-state index contributed by atoms with van der Waals surface area (Å²) in [4.78, 5) is 2.32. The normalized spacial score (nSPS) is 22.3. The first-order valence-corrected chi connectivity index (χ1v) is 6.50. The van der Waals surface area contributed by atoms with Gasteiger partial charge in [-0.15, -0.1) is 0 Å². The molecule has 108 valence electrons. The van der Waals surface area contributed by atoms with Crippen LogP contribution in [-0.4, -0.2) is 75.7 Å². The van der Waals surface area contributed by atoms with Crippen molar-refractivity contribution in [2.24, 2.45) is 5.73 Å². The van der Waals surface area contributed by atoms with Gasteiger partial charge in [-0.05, 0) is 14.0 Å². The van der Waals surface area contributed by atoms with Crippen LogP contribution in [0.25, 0.3) is 0 Å². The number of ether oxygens (including phenoxy) is 2. The fourth-order valence-corrected chi connectivity index (χ4v) is 2.11. The number of hydrogen-bond acceptors (Lipinski definition) is 6. The Hall–Kier alpha value is -0.240. The second-order valence-corrected chi connectivity index (χ2v) is 5.27. The fraction of sp³-hybridized carbons (Fsp3) is 1.00. The third-order valence-electron chi connectivity index (χ3n) is 3.52. The number of nitrogens with two attached hydrogens (primary N) is 1. The van der Waals surface area contributed by atoms with E-state index in [-0.39, 0.29) is 11.8 Å². The number of hydrogen-bond donors (Lipinski definition) is 2. The van der Waals surface area contributed by atoms with Gasteiger partial charge in [-0.2, -0.15) is 0 Å². The predicted molar refractivity (Wildman–Crippen MR) is 72.1 cm³/mol. The van der Waals surface area contributed by atoms with Crippen LogP contribution in [0.15, 0.2) is 0 Å². The number of piperazine rings is 1. The molecule has 3 N–H and O–H groups in total. The second kappa shape index (κ2) is 7.37. The molecule has 0 radical (unpaired) electrons. The number of nitrogens with one attached hydrogen (secondary N) is 1. The zero-order valence-electron chi connectivity index (χ0n) is 12.1. The summed E-state index contributed by atoms with van der Waals surface area (Å²) in [5.74, 6) is 0. The monoisotopic (exact) mass is 260 g/mol. The first-order valence-electron chi connectivity index (χ1n) is 6.50. The lowest BCUT2D eigenvalue weighted by Gasteiger charge is -2.41. The molecule has 18 heavy (non-hydrogen) atoms. The Balaban J connectivity index is 2.48. The van der Waals surface area contributed by atoms with Crippen LogP contribution >= 0.6 is 0 Å². The van der Waals surface area contributed by atoms with E-state index in [4.69, 9.17) is 15.2 Å². The molecular formula is C12H28N4O2. The van der Waals surface area contributed by atoms with Gasteiger partial charge in [0.1, 0.15) is 0 Å². The highest BCUT2D eigenvalue weighted by molar-refractivity contribution is 4.85. The zero-order valence-corrected chi connectivity index (χ0v) is 12.1. The highest BCUT2D eigenvalue weighted by atomic mass is 16.7. The number of hydrazine groups is 1. The topological polar surface area (TPSA) is 63.0 Å². The van der Waals surface area contributed by atoms with Crippen molar-refractivity contribution < 1.29 is 9.47 Å². The lowest BCUT2D eigenvalue weighted by Crippen LogP contribution is -2.61. The SMILES string of the molecule is COC(CC(C)(CN)NN1CCN(C)CC1)OC. The number of rotatable bonds is 7. The van der Waals surface area contributed by atoms with Crippen LogP contribution in [-0.2, 0) is 9.47 Å². The molecule has 0 amide bonds. The summed E-state index contributed by atoms with van der Waals surface area (Å²) in [7, 11) is 5.45. The summed E-state index contributed by atoms with van der Waals surface area (Å²) < 4.78 is 10.5. The largest absolute Gasteiger partial charge is 0.356 e. The average Bonchev–Trinajstić information content (AvgIpc) is 2.39. The molecule has 1 rings (SSSR count). The molecule has 1 saturated heterocycles. The predicted octanol–water partition coefficient (Wildman–Crippen LogP) is -0.535. The van der Waals surface area contributed by atoms with Crippen LogP contribution in [0.1, 0.15) is 13.3 Å². The standard InChI is InChI=1S/C12H28N4O2/c1-12(10-13,9-11(17-3)18-4)14-16-7-5-15(2)6-8-16/h11,14H,5-10,13H2,1-4H3. The Morgan fingerprint density at radius 3 is 2.22 bits per heavy atom. The van der Waals surface area contributed by atoms with E-state index in [1.165, 1.54) is 0 Å². The van der Waals surface area contributed by atoms with E-state index in [2.05, 4.69) is 29.3 Å². The molecule has 1 aliphatic heterocycles. The molecule has 6 heteroatoms. The van der Waals surface area contributed by atoms with E-state index < -0.39 is 0 Å². The lowest BCUT2D eigenvalue weighted by atomic mass is 9.98.